The van der Waals surface area contributed by atoms with Gasteiger partial charge in [-0.05, 0) is 37.4 Å². The lowest BCUT2D eigenvalue weighted by Crippen LogP contribution is -2.44. The Morgan fingerprint density at radius 3 is 2.21 bits per heavy atom. The normalized spacial score (nSPS) is 14.3. The Hall–Kier alpha value is -0.353. The van der Waals surface area contributed by atoms with Crippen LogP contribution in [0.3, 0.4) is 0 Å². The van der Waals surface area contributed by atoms with Crippen molar-refractivity contribution in [2.24, 2.45) is 0 Å². The number of esters is 1. The van der Waals surface area contributed by atoms with Crippen LogP contribution in [0.2, 0.25) is 18.1 Å². The highest BCUT2D eigenvalue weighted by molar-refractivity contribution is 6.74. The van der Waals surface area contributed by atoms with Gasteiger partial charge in [-0.2, -0.15) is 0 Å². The molecule has 0 N–H and O–H groups in total. The minimum Gasteiger partial charge on any atom is -0.469 e. The van der Waals surface area contributed by atoms with Crippen LogP contribution >= 0.6 is 0 Å². The Labute approximate surface area is 120 Å². The van der Waals surface area contributed by atoms with E-state index < -0.39 is 8.32 Å². The second-order valence-electron chi connectivity index (χ2n) is 6.76. The third-order valence-corrected chi connectivity index (χ3v) is 8.55. The van der Waals surface area contributed by atoms with Crippen LogP contribution in [0.5, 0.6) is 0 Å². The molecular weight excluding hydrogens is 256 g/mol. The molecule has 0 radical (unpaired) electrons. The van der Waals surface area contributed by atoms with Crippen LogP contribution in [0, 0.1) is 0 Å². The predicted octanol–water partition coefficient (Wildman–Crippen LogP) is 4.52. The van der Waals surface area contributed by atoms with Crippen molar-refractivity contribution in [3.8, 4) is 0 Å². The molecule has 0 aliphatic rings. The first-order chi connectivity index (χ1) is 8.64. The number of carbonyl (C=O) groups is 1. The Morgan fingerprint density at radius 1 is 1.21 bits per heavy atom. The van der Waals surface area contributed by atoms with Crippen LogP contribution in [-0.2, 0) is 14.0 Å². The van der Waals surface area contributed by atoms with Gasteiger partial charge in [0.1, 0.15) is 0 Å². The van der Waals surface area contributed by atoms with Crippen molar-refractivity contribution in [2.45, 2.75) is 84.0 Å². The number of methoxy groups -OCH3 is 1. The second-order valence-corrected chi connectivity index (χ2v) is 11.5. The summed E-state index contributed by atoms with van der Waals surface area (Å²) in [4.78, 5) is 11.1. The van der Waals surface area contributed by atoms with Crippen LogP contribution < -0.4 is 0 Å². The lowest BCUT2D eigenvalue weighted by atomic mass is 10.1. The minimum absolute atomic E-state index is 0.123. The number of carbonyl (C=O) groups excluding carboxylic acids is 1. The number of hydrogen-bond acceptors (Lipinski definition) is 3. The summed E-state index contributed by atoms with van der Waals surface area (Å²) in [6.45, 7) is 13.5. The largest absolute Gasteiger partial charge is 0.469 e. The van der Waals surface area contributed by atoms with Crippen LogP contribution in [0.25, 0.3) is 0 Å². The zero-order valence-electron chi connectivity index (χ0n) is 13.8. The highest BCUT2D eigenvalue weighted by Crippen LogP contribution is 2.38. The fourth-order valence-corrected chi connectivity index (χ4v) is 3.18. The van der Waals surface area contributed by atoms with Crippen molar-refractivity contribution in [3.63, 3.8) is 0 Å². The number of ether oxygens (including phenoxy) is 1. The van der Waals surface area contributed by atoms with E-state index in [0.29, 0.717) is 6.42 Å². The Morgan fingerprint density at radius 2 is 1.79 bits per heavy atom. The lowest BCUT2D eigenvalue weighted by Gasteiger charge is -2.39. The Bertz CT molecular complexity index is 269. The SMILES string of the molecule is CCC[C@@H](CCCC(=O)OC)O[Si](C)(C)C(C)(C)C. The monoisotopic (exact) mass is 288 g/mol. The molecule has 0 fully saturated rings. The molecule has 0 aromatic heterocycles. The number of rotatable bonds is 8. The van der Waals surface area contributed by atoms with Crippen molar-refractivity contribution in [1.82, 2.24) is 0 Å². The first kappa shape index (κ1) is 18.6. The molecule has 0 rings (SSSR count). The van der Waals surface area contributed by atoms with E-state index in [2.05, 4.69) is 45.5 Å². The molecule has 0 spiro atoms. The zero-order chi connectivity index (χ0) is 15.1. The molecule has 0 heterocycles. The summed E-state index contributed by atoms with van der Waals surface area (Å²) >= 11 is 0. The van der Waals surface area contributed by atoms with Crippen LogP contribution in [0.4, 0.5) is 0 Å². The van der Waals surface area contributed by atoms with Crippen molar-refractivity contribution < 1.29 is 14.0 Å². The third-order valence-electron chi connectivity index (χ3n) is 4.01. The maximum absolute atomic E-state index is 11.1. The fraction of sp³-hybridized carbons (Fsp3) is 0.933. The molecule has 0 bridgehead atoms. The van der Waals surface area contributed by atoms with Gasteiger partial charge >= 0.3 is 5.97 Å². The van der Waals surface area contributed by atoms with E-state index in [-0.39, 0.29) is 17.1 Å². The van der Waals surface area contributed by atoms with E-state index in [1.165, 1.54) is 7.11 Å². The molecule has 0 aliphatic carbocycles. The van der Waals surface area contributed by atoms with Gasteiger partial charge in [0.15, 0.2) is 8.32 Å². The van der Waals surface area contributed by atoms with Crippen LogP contribution in [0.15, 0.2) is 0 Å². The van der Waals surface area contributed by atoms with Crippen LogP contribution in [0.1, 0.15) is 59.8 Å². The van der Waals surface area contributed by atoms with Crippen LogP contribution in [-0.4, -0.2) is 27.5 Å². The summed E-state index contributed by atoms with van der Waals surface area (Å²) in [5, 5.41) is 0.237. The van der Waals surface area contributed by atoms with Gasteiger partial charge in [-0.25, -0.2) is 0 Å². The topological polar surface area (TPSA) is 35.5 Å². The molecule has 0 amide bonds. The van der Waals surface area contributed by atoms with Gasteiger partial charge in [0.05, 0.1) is 7.11 Å². The molecule has 0 unspecified atom stereocenters. The quantitative estimate of drug-likeness (QED) is 0.486. The van der Waals surface area contributed by atoms with Gasteiger partial charge in [0.2, 0.25) is 0 Å². The molecule has 19 heavy (non-hydrogen) atoms. The summed E-state index contributed by atoms with van der Waals surface area (Å²) in [6, 6.07) is 0. The standard InChI is InChI=1S/C15H32O3Si/c1-8-10-13(11-9-12-14(16)17-5)18-19(6,7)15(2,3)4/h13H,8-12H2,1-7H3/t13-/m0/s1. The second kappa shape index (κ2) is 8.05. The molecule has 0 saturated carbocycles. The highest BCUT2D eigenvalue weighted by atomic mass is 28.4. The molecular formula is C15H32O3Si. The molecule has 0 saturated heterocycles. The van der Waals surface area contributed by atoms with Gasteiger partial charge < -0.3 is 9.16 Å². The number of hydrogen-bond donors (Lipinski definition) is 0. The smallest absolute Gasteiger partial charge is 0.305 e. The summed E-state index contributed by atoms with van der Waals surface area (Å²) in [6.07, 6.45) is 4.79. The zero-order valence-corrected chi connectivity index (χ0v) is 14.8. The van der Waals surface area contributed by atoms with Crippen molar-refractivity contribution in [3.05, 3.63) is 0 Å². The fourth-order valence-electron chi connectivity index (χ4n) is 1.75. The molecule has 4 heteroatoms. The van der Waals surface area contributed by atoms with Gasteiger partial charge in [-0.3, -0.25) is 4.79 Å². The van der Waals surface area contributed by atoms with Gasteiger partial charge in [0, 0.05) is 12.5 Å². The Kier molecular flexibility index (Phi) is 7.90. The van der Waals surface area contributed by atoms with Crippen molar-refractivity contribution >= 4 is 14.3 Å². The minimum atomic E-state index is -1.71. The van der Waals surface area contributed by atoms with E-state index in [1.54, 1.807) is 0 Å². The molecule has 114 valence electrons. The molecule has 0 aliphatic heterocycles. The van der Waals surface area contributed by atoms with E-state index in [4.69, 9.17) is 4.43 Å². The summed E-state index contributed by atoms with van der Waals surface area (Å²) < 4.78 is 11.1. The maximum atomic E-state index is 11.1. The van der Waals surface area contributed by atoms with E-state index in [1.807, 2.05) is 0 Å². The van der Waals surface area contributed by atoms with Crippen molar-refractivity contribution in [1.29, 1.82) is 0 Å². The summed E-state index contributed by atoms with van der Waals surface area (Å²) in [5.41, 5.74) is 0. The third kappa shape index (κ3) is 7.11. The summed E-state index contributed by atoms with van der Waals surface area (Å²) in [7, 11) is -0.264. The first-order valence-electron chi connectivity index (χ1n) is 7.38. The lowest BCUT2D eigenvalue weighted by molar-refractivity contribution is -0.140. The van der Waals surface area contributed by atoms with E-state index >= 15 is 0 Å². The van der Waals surface area contributed by atoms with Gasteiger partial charge in [0.25, 0.3) is 0 Å². The summed E-state index contributed by atoms with van der Waals surface area (Å²) in [5.74, 6) is -0.123. The molecule has 3 nitrogen and oxygen atoms in total. The average Bonchev–Trinajstić information content (AvgIpc) is 2.27. The Balaban J connectivity index is 4.37. The maximum Gasteiger partial charge on any atom is 0.305 e. The van der Waals surface area contributed by atoms with E-state index in [0.717, 1.165) is 25.7 Å². The predicted molar refractivity (Wildman–Crippen MR) is 82.8 cm³/mol. The average molecular weight is 289 g/mol. The molecule has 1 atom stereocenters. The highest BCUT2D eigenvalue weighted by Gasteiger charge is 2.38. The van der Waals surface area contributed by atoms with Crippen molar-refractivity contribution in [2.75, 3.05) is 7.11 Å². The van der Waals surface area contributed by atoms with Gasteiger partial charge in [-0.1, -0.05) is 34.1 Å². The molecule has 0 aromatic carbocycles. The molecule has 0 aromatic rings. The van der Waals surface area contributed by atoms with E-state index in [9.17, 15) is 4.79 Å². The van der Waals surface area contributed by atoms with Gasteiger partial charge in [-0.15, -0.1) is 0 Å². The first-order valence-corrected chi connectivity index (χ1v) is 10.3.